The fourth-order valence-corrected chi connectivity index (χ4v) is 3.26. The van der Waals surface area contributed by atoms with E-state index in [0.29, 0.717) is 17.5 Å². The first-order valence-corrected chi connectivity index (χ1v) is 7.97. The summed E-state index contributed by atoms with van der Waals surface area (Å²) in [6, 6.07) is 0.864. The van der Waals surface area contributed by atoms with Gasteiger partial charge < -0.3 is 10.5 Å². The van der Waals surface area contributed by atoms with Gasteiger partial charge in [-0.2, -0.15) is 0 Å². The van der Waals surface area contributed by atoms with E-state index in [1.54, 1.807) is 0 Å². The maximum atomic E-state index is 6.38. The van der Waals surface area contributed by atoms with E-state index in [1.807, 2.05) is 0 Å². The minimum absolute atomic E-state index is 0.333. The van der Waals surface area contributed by atoms with Crippen LogP contribution in [-0.4, -0.2) is 43.3 Å². The van der Waals surface area contributed by atoms with Gasteiger partial charge in [0, 0.05) is 25.2 Å². The zero-order chi connectivity index (χ0) is 14.5. The Morgan fingerprint density at radius 3 is 2.42 bits per heavy atom. The molecule has 3 heteroatoms. The molecule has 3 nitrogen and oxygen atoms in total. The molecule has 0 saturated heterocycles. The first-order chi connectivity index (χ1) is 8.90. The van der Waals surface area contributed by atoms with E-state index < -0.39 is 0 Å². The summed E-state index contributed by atoms with van der Waals surface area (Å²) in [4.78, 5) is 2.53. The molecule has 0 amide bonds. The topological polar surface area (TPSA) is 38.5 Å². The summed E-state index contributed by atoms with van der Waals surface area (Å²) >= 11 is 0. The first-order valence-electron chi connectivity index (χ1n) is 7.97. The standard InChI is InChI=1S/C16H34N2O/c1-6-18(10-11-19-7-2)15-12-13(16(3,4)5)8-9-14(15)17/h13-15H,6-12,17H2,1-5H3. The largest absolute Gasteiger partial charge is 0.380 e. The van der Waals surface area contributed by atoms with Gasteiger partial charge in [-0.05, 0) is 44.1 Å². The fourth-order valence-electron chi connectivity index (χ4n) is 3.26. The van der Waals surface area contributed by atoms with E-state index in [2.05, 4.69) is 39.5 Å². The van der Waals surface area contributed by atoms with Crippen LogP contribution in [0.5, 0.6) is 0 Å². The number of hydrogen-bond acceptors (Lipinski definition) is 3. The van der Waals surface area contributed by atoms with Gasteiger partial charge in [0.15, 0.2) is 0 Å². The van der Waals surface area contributed by atoms with Crippen molar-refractivity contribution in [1.82, 2.24) is 4.90 Å². The summed E-state index contributed by atoms with van der Waals surface area (Å²) in [5.74, 6) is 0.790. The van der Waals surface area contributed by atoms with E-state index in [0.717, 1.165) is 38.6 Å². The molecule has 0 spiro atoms. The van der Waals surface area contributed by atoms with Gasteiger partial charge in [-0.15, -0.1) is 0 Å². The lowest BCUT2D eigenvalue weighted by molar-refractivity contribution is 0.0466. The van der Waals surface area contributed by atoms with Crippen molar-refractivity contribution in [1.29, 1.82) is 0 Å². The lowest BCUT2D eigenvalue weighted by atomic mass is 9.69. The van der Waals surface area contributed by atoms with Crippen LogP contribution in [0, 0.1) is 11.3 Å². The molecule has 114 valence electrons. The van der Waals surface area contributed by atoms with Crippen molar-refractivity contribution in [3.8, 4) is 0 Å². The molecule has 0 radical (unpaired) electrons. The van der Waals surface area contributed by atoms with Gasteiger partial charge in [0.2, 0.25) is 0 Å². The highest BCUT2D eigenvalue weighted by molar-refractivity contribution is 4.92. The van der Waals surface area contributed by atoms with E-state index in [4.69, 9.17) is 10.5 Å². The smallest absolute Gasteiger partial charge is 0.0593 e. The second-order valence-corrected chi connectivity index (χ2v) is 6.93. The van der Waals surface area contributed by atoms with Crippen LogP contribution >= 0.6 is 0 Å². The average Bonchev–Trinajstić information content (AvgIpc) is 2.34. The number of likely N-dealkylation sites (N-methyl/N-ethyl adjacent to an activating group) is 1. The van der Waals surface area contributed by atoms with Crippen LogP contribution < -0.4 is 5.73 Å². The molecular formula is C16H34N2O. The van der Waals surface area contributed by atoms with Crippen LogP contribution in [0.25, 0.3) is 0 Å². The van der Waals surface area contributed by atoms with Gasteiger partial charge in [0.05, 0.1) is 6.61 Å². The lowest BCUT2D eigenvalue weighted by Gasteiger charge is -2.45. The molecule has 0 aliphatic heterocycles. The summed E-state index contributed by atoms with van der Waals surface area (Å²) in [5, 5.41) is 0. The molecule has 0 heterocycles. The zero-order valence-corrected chi connectivity index (χ0v) is 13.6. The molecule has 1 rings (SSSR count). The maximum absolute atomic E-state index is 6.38. The van der Waals surface area contributed by atoms with Crippen LogP contribution in [0.4, 0.5) is 0 Å². The van der Waals surface area contributed by atoms with E-state index in [9.17, 15) is 0 Å². The Bertz CT molecular complexity index is 250. The second kappa shape index (κ2) is 7.61. The Morgan fingerprint density at radius 1 is 1.21 bits per heavy atom. The van der Waals surface area contributed by atoms with E-state index in [1.165, 1.54) is 12.8 Å². The van der Waals surface area contributed by atoms with Gasteiger partial charge in [-0.3, -0.25) is 4.90 Å². The van der Waals surface area contributed by atoms with Crippen LogP contribution in [0.15, 0.2) is 0 Å². The fraction of sp³-hybridized carbons (Fsp3) is 1.00. The third kappa shape index (κ3) is 5.05. The summed E-state index contributed by atoms with van der Waals surface area (Å²) in [7, 11) is 0. The number of rotatable bonds is 6. The highest BCUT2D eigenvalue weighted by Gasteiger charge is 2.36. The van der Waals surface area contributed by atoms with Gasteiger partial charge in [0.25, 0.3) is 0 Å². The van der Waals surface area contributed by atoms with Crippen molar-refractivity contribution >= 4 is 0 Å². The lowest BCUT2D eigenvalue weighted by Crippen LogP contribution is -2.53. The summed E-state index contributed by atoms with van der Waals surface area (Å²) < 4.78 is 5.50. The number of nitrogens with zero attached hydrogens (tertiary/aromatic N) is 1. The molecule has 1 aliphatic rings. The molecule has 0 aromatic rings. The molecule has 0 aromatic heterocycles. The summed E-state index contributed by atoms with van der Waals surface area (Å²) in [6.45, 7) is 15.1. The third-order valence-electron chi connectivity index (χ3n) is 4.70. The zero-order valence-electron chi connectivity index (χ0n) is 13.6. The molecule has 1 fully saturated rings. The van der Waals surface area contributed by atoms with Crippen molar-refractivity contribution in [3.05, 3.63) is 0 Å². The van der Waals surface area contributed by atoms with Crippen molar-refractivity contribution in [2.45, 2.75) is 66.0 Å². The average molecular weight is 270 g/mol. The van der Waals surface area contributed by atoms with Crippen LogP contribution in [-0.2, 0) is 4.74 Å². The molecule has 1 aliphatic carbocycles. The number of hydrogen-bond donors (Lipinski definition) is 1. The molecule has 3 unspecified atom stereocenters. The van der Waals surface area contributed by atoms with E-state index >= 15 is 0 Å². The molecule has 0 aromatic carbocycles. The predicted octanol–water partition coefficient (Wildman–Crippen LogP) is 2.89. The number of ether oxygens (including phenoxy) is 1. The van der Waals surface area contributed by atoms with Crippen molar-refractivity contribution in [3.63, 3.8) is 0 Å². The maximum Gasteiger partial charge on any atom is 0.0593 e. The van der Waals surface area contributed by atoms with E-state index in [-0.39, 0.29) is 0 Å². The van der Waals surface area contributed by atoms with Crippen LogP contribution in [0.1, 0.15) is 53.9 Å². The minimum atomic E-state index is 0.333. The molecular weight excluding hydrogens is 236 g/mol. The Morgan fingerprint density at radius 2 is 1.89 bits per heavy atom. The predicted molar refractivity (Wildman–Crippen MR) is 82.3 cm³/mol. The normalized spacial score (nSPS) is 28.9. The molecule has 1 saturated carbocycles. The Kier molecular flexibility index (Phi) is 6.78. The molecule has 3 atom stereocenters. The van der Waals surface area contributed by atoms with Gasteiger partial charge in [-0.1, -0.05) is 27.7 Å². The van der Waals surface area contributed by atoms with Crippen molar-refractivity contribution < 1.29 is 4.74 Å². The van der Waals surface area contributed by atoms with Gasteiger partial charge in [0.1, 0.15) is 0 Å². The summed E-state index contributed by atoms with van der Waals surface area (Å²) in [5.41, 5.74) is 6.78. The first kappa shape index (κ1) is 16.9. The van der Waals surface area contributed by atoms with Crippen LogP contribution in [0.2, 0.25) is 0 Å². The minimum Gasteiger partial charge on any atom is -0.380 e. The SMILES string of the molecule is CCOCCN(CC)C1CC(C(C)(C)C)CCC1N. The number of nitrogens with two attached hydrogens (primary N) is 1. The highest BCUT2D eigenvalue weighted by Crippen LogP contribution is 2.38. The molecule has 19 heavy (non-hydrogen) atoms. The molecule has 0 bridgehead atoms. The van der Waals surface area contributed by atoms with Gasteiger partial charge >= 0.3 is 0 Å². The highest BCUT2D eigenvalue weighted by atomic mass is 16.5. The van der Waals surface area contributed by atoms with Gasteiger partial charge in [-0.25, -0.2) is 0 Å². The Labute approximate surface area is 119 Å². The van der Waals surface area contributed by atoms with Crippen molar-refractivity contribution in [2.75, 3.05) is 26.3 Å². The second-order valence-electron chi connectivity index (χ2n) is 6.93. The Balaban J connectivity index is 2.60. The molecule has 2 N–H and O–H groups in total. The van der Waals surface area contributed by atoms with Crippen LogP contribution in [0.3, 0.4) is 0 Å². The Hall–Kier alpha value is -0.120. The third-order valence-corrected chi connectivity index (χ3v) is 4.70. The monoisotopic (exact) mass is 270 g/mol. The quantitative estimate of drug-likeness (QED) is 0.754. The summed E-state index contributed by atoms with van der Waals surface area (Å²) in [6.07, 6.45) is 3.69. The van der Waals surface area contributed by atoms with Crippen molar-refractivity contribution in [2.24, 2.45) is 17.1 Å².